The van der Waals surface area contributed by atoms with Gasteiger partial charge in [-0.05, 0) is 54.3 Å². The first-order chi connectivity index (χ1) is 20.0. The lowest BCUT2D eigenvalue weighted by Gasteiger charge is -2.32. The number of unbranched alkanes of at least 4 members (excludes halogenated alkanes) is 1. The lowest BCUT2D eigenvalue weighted by molar-refractivity contribution is -0.141. The SMILES string of the molecule is CCCCNC(=O)C(Cc1ccccc1)N(Cc1ccc(Cl)c(Cl)c1)C(=O)CCCN(c1cccc(Cl)c1)S(C)(=O)=O. The Morgan fingerprint density at radius 2 is 1.62 bits per heavy atom. The Bertz CT molecular complexity index is 1450. The van der Waals surface area contributed by atoms with Crippen LogP contribution in [0.1, 0.15) is 43.7 Å². The average Bonchev–Trinajstić information content (AvgIpc) is 2.94. The number of sulfonamides is 1. The second-order valence-corrected chi connectivity index (χ2v) is 13.2. The summed E-state index contributed by atoms with van der Waals surface area (Å²) in [4.78, 5) is 29.0. The van der Waals surface area contributed by atoms with Gasteiger partial charge in [0.2, 0.25) is 21.8 Å². The van der Waals surface area contributed by atoms with Crippen LogP contribution in [0.5, 0.6) is 0 Å². The summed E-state index contributed by atoms with van der Waals surface area (Å²) >= 11 is 18.5. The van der Waals surface area contributed by atoms with Gasteiger partial charge in [-0.25, -0.2) is 8.42 Å². The van der Waals surface area contributed by atoms with Crippen LogP contribution in [0.2, 0.25) is 15.1 Å². The Labute approximate surface area is 263 Å². The van der Waals surface area contributed by atoms with E-state index in [1.807, 2.05) is 37.3 Å². The number of carbonyl (C=O) groups is 2. The zero-order chi connectivity index (χ0) is 30.7. The van der Waals surface area contributed by atoms with Crippen molar-refractivity contribution in [2.24, 2.45) is 0 Å². The Hall–Kier alpha value is -2.78. The molecular weight excluding hydrogens is 617 g/mol. The Morgan fingerprint density at radius 3 is 2.26 bits per heavy atom. The van der Waals surface area contributed by atoms with Crippen molar-refractivity contribution in [3.8, 4) is 0 Å². The number of carbonyl (C=O) groups excluding carboxylic acids is 2. The summed E-state index contributed by atoms with van der Waals surface area (Å²) in [6, 6.07) is 20.4. The number of amides is 2. The van der Waals surface area contributed by atoms with E-state index in [0.717, 1.165) is 24.7 Å². The maximum Gasteiger partial charge on any atom is 0.243 e. The third-order valence-corrected chi connectivity index (χ3v) is 8.85. The molecule has 1 N–H and O–H groups in total. The maximum absolute atomic E-state index is 13.9. The van der Waals surface area contributed by atoms with Gasteiger partial charge in [0.05, 0.1) is 22.0 Å². The molecule has 0 radical (unpaired) electrons. The zero-order valence-corrected chi connectivity index (χ0v) is 26.8. The molecule has 0 aliphatic carbocycles. The van der Waals surface area contributed by atoms with E-state index < -0.39 is 16.1 Å². The molecule has 0 fully saturated rings. The van der Waals surface area contributed by atoms with Gasteiger partial charge >= 0.3 is 0 Å². The standard InChI is InChI=1S/C31H36Cl3N3O4S/c1-3-4-17-35-31(39)29(20-23-10-6-5-7-11-23)36(22-24-15-16-27(33)28(34)19-24)30(38)14-9-18-37(42(2,40)41)26-13-8-12-25(32)21-26/h5-8,10-13,15-16,19,21,29H,3-4,9,14,17-18,20,22H2,1-2H3,(H,35,39). The fraction of sp³-hybridized carbons (Fsp3) is 0.355. The molecule has 42 heavy (non-hydrogen) atoms. The van der Waals surface area contributed by atoms with Crippen LogP contribution in [0.15, 0.2) is 72.8 Å². The van der Waals surface area contributed by atoms with Crippen molar-refractivity contribution in [2.75, 3.05) is 23.7 Å². The molecule has 3 aromatic carbocycles. The molecule has 0 saturated heterocycles. The number of nitrogens with zero attached hydrogens (tertiary/aromatic N) is 2. The molecule has 0 aliphatic rings. The molecule has 0 aromatic heterocycles. The molecule has 2 amide bonds. The van der Waals surface area contributed by atoms with Gasteiger partial charge < -0.3 is 10.2 Å². The van der Waals surface area contributed by atoms with E-state index in [1.54, 1.807) is 47.4 Å². The van der Waals surface area contributed by atoms with E-state index in [-0.39, 0.29) is 37.7 Å². The van der Waals surface area contributed by atoms with E-state index in [0.29, 0.717) is 39.3 Å². The molecule has 0 heterocycles. The minimum absolute atomic E-state index is 0.0153. The molecule has 0 aliphatic heterocycles. The highest BCUT2D eigenvalue weighted by Crippen LogP contribution is 2.26. The Balaban J connectivity index is 1.89. The number of nitrogens with one attached hydrogen (secondary N) is 1. The topological polar surface area (TPSA) is 86.8 Å². The second-order valence-electron chi connectivity index (χ2n) is 10.0. The van der Waals surface area contributed by atoms with Crippen LogP contribution in [-0.4, -0.2) is 50.5 Å². The first kappa shape index (κ1) is 33.7. The minimum Gasteiger partial charge on any atom is -0.354 e. The van der Waals surface area contributed by atoms with Crippen LogP contribution in [0, 0.1) is 0 Å². The number of hydrogen-bond acceptors (Lipinski definition) is 4. The average molecular weight is 653 g/mol. The van der Waals surface area contributed by atoms with Gasteiger partial charge in [0.1, 0.15) is 6.04 Å². The number of hydrogen-bond donors (Lipinski definition) is 1. The van der Waals surface area contributed by atoms with Gasteiger partial charge in [-0.1, -0.05) is 90.6 Å². The molecule has 11 heteroatoms. The van der Waals surface area contributed by atoms with Gasteiger partial charge in [0, 0.05) is 37.5 Å². The van der Waals surface area contributed by atoms with Crippen molar-refractivity contribution in [1.29, 1.82) is 0 Å². The molecule has 0 spiro atoms. The predicted molar refractivity (Wildman–Crippen MR) is 172 cm³/mol. The number of rotatable bonds is 15. The van der Waals surface area contributed by atoms with E-state index in [1.165, 1.54) is 4.31 Å². The molecule has 1 atom stereocenters. The predicted octanol–water partition coefficient (Wildman–Crippen LogP) is 6.75. The minimum atomic E-state index is -3.64. The normalized spacial score (nSPS) is 12.0. The number of benzene rings is 3. The maximum atomic E-state index is 13.9. The molecule has 0 saturated carbocycles. The van der Waals surface area contributed by atoms with Crippen molar-refractivity contribution in [3.05, 3.63) is 99.0 Å². The largest absolute Gasteiger partial charge is 0.354 e. The highest BCUT2D eigenvalue weighted by molar-refractivity contribution is 7.92. The highest BCUT2D eigenvalue weighted by Gasteiger charge is 2.30. The quantitative estimate of drug-likeness (QED) is 0.184. The first-order valence-corrected chi connectivity index (χ1v) is 16.8. The van der Waals surface area contributed by atoms with Crippen LogP contribution in [0.3, 0.4) is 0 Å². The van der Waals surface area contributed by atoms with Gasteiger partial charge in [0.25, 0.3) is 0 Å². The van der Waals surface area contributed by atoms with Gasteiger partial charge in [-0.15, -0.1) is 0 Å². The van der Waals surface area contributed by atoms with Crippen molar-refractivity contribution in [3.63, 3.8) is 0 Å². The van der Waals surface area contributed by atoms with Crippen LogP contribution >= 0.6 is 34.8 Å². The summed E-state index contributed by atoms with van der Waals surface area (Å²) in [5.41, 5.74) is 2.04. The molecule has 0 bridgehead atoms. The molecule has 3 rings (SSSR count). The first-order valence-electron chi connectivity index (χ1n) is 13.8. The third kappa shape index (κ3) is 10.2. The lowest BCUT2D eigenvalue weighted by atomic mass is 10.0. The summed E-state index contributed by atoms with van der Waals surface area (Å²) in [5.74, 6) is -0.537. The van der Waals surface area contributed by atoms with Crippen LogP contribution in [0.25, 0.3) is 0 Å². The number of halogens is 3. The van der Waals surface area contributed by atoms with Crippen LogP contribution in [0.4, 0.5) is 5.69 Å². The monoisotopic (exact) mass is 651 g/mol. The fourth-order valence-electron chi connectivity index (χ4n) is 4.53. The molecular formula is C31H36Cl3N3O4S. The van der Waals surface area contributed by atoms with Gasteiger partial charge in [-0.3, -0.25) is 13.9 Å². The summed E-state index contributed by atoms with van der Waals surface area (Å²) in [7, 11) is -3.64. The lowest BCUT2D eigenvalue weighted by Crippen LogP contribution is -2.50. The smallest absolute Gasteiger partial charge is 0.243 e. The van der Waals surface area contributed by atoms with E-state index in [4.69, 9.17) is 34.8 Å². The summed E-state index contributed by atoms with van der Waals surface area (Å²) in [5, 5.41) is 4.13. The van der Waals surface area contributed by atoms with Gasteiger partial charge in [-0.2, -0.15) is 0 Å². The van der Waals surface area contributed by atoms with Crippen molar-refractivity contribution in [2.45, 2.75) is 51.6 Å². The van der Waals surface area contributed by atoms with Crippen LogP contribution in [-0.2, 0) is 32.6 Å². The molecule has 7 nitrogen and oxygen atoms in total. The van der Waals surface area contributed by atoms with Gasteiger partial charge in [0.15, 0.2) is 0 Å². The van der Waals surface area contributed by atoms with E-state index in [2.05, 4.69) is 5.32 Å². The third-order valence-electron chi connectivity index (χ3n) is 6.69. The summed E-state index contributed by atoms with van der Waals surface area (Å²) < 4.78 is 26.4. The highest BCUT2D eigenvalue weighted by atomic mass is 35.5. The summed E-state index contributed by atoms with van der Waals surface area (Å²) in [6.45, 7) is 2.73. The summed E-state index contributed by atoms with van der Waals surface area (Å²) in [6.07, 6.45) is 3.40. The second kappa shape index (κ2) is 16.2. The van der Waals surface area contributed by atoms with Crippen LogP contribution < -0.4 is 9.62 Å². The number of anilines is 1. The molecule has 1 unspecified atom stereocenters. The Morgan fingerprint density at radius 1 is 0.881 bits per heavy atom. The van der Waals surface area contributed by atoms with E-state index in [9.17, 15) is 18.0 Å². The zero-order valence-electron chi connectivity index (χ0n) is 23.7. The van der Waals surface area contributed by atoms with E-state index >= 15 is 0 Å². The Kier molecular flexibility index (Phi) is 13.0. The molecule has 226 valence electrons. The molecule has 3 aromatic rings. The van der Waals surface area contributed by atoms with Crippen molar-refractivity contribution < 1.29 is 18.0 Å². The fourth-order valence-corrected chi connectivity index (χ4v) is 5.99. The van der Waals surface area contributed by atoms with Crippen molar-refractivity contribution in [1.82, 2.24) is 10.2 Å². The van der Waals surface area contributed by atoms with Crippen molar-refractivity contribution >= 4 is 62.3 Å².